The first kappa shape index (κ1) is 60.0. The van der Waals surface area contributed by atoms with Crippen molar-refractivity contribution >= 4 is 0 Å². The molecule has 434 valence electrons. The molecule has 4 saturated carbocycles. The van der Waals surface area contributed by atoms with Gasteiger partial charge in [0.1, 0.15) is 91.6 Å². The number of aliphatic hydroxyl groups excluding tert-OH is 14. The van der Waals surface area contributed by atoms with Gasteiger partial charge in [-0.3, -0.25) is 0 Å². The lowest BCUT2D eigenvalue weighted by Gasteiger charge is -2.71. The number of aliphatic hydroxyl groups is 14. The molecule has 3 unspecified atom stereocenters. The summed E-state index contributed by atoms with van der Waals surface area (Å²) in [6.45, 7) is 15.1. The van der Waals surface area contributed by atoms with E-state index in [-0.39, 0.29) is 41.1 Å². The fraction of sp³-hybridized carbons (Fsp3) is 0.962. The van der Waals surface area contributed by atoms with E-state index < -0.39 is 165 Å². The molecule has 4 saturated heterocycles. The lowest BCUT2D eigenvalue weighted by molar-refractivity contribution is -0.378. The van der Waals surface area contributed by atoms with Crippen LogP contribution in [0.1, 0.15) is 113 Å². The van der Waals surface area contributed by atoms with Gasteiger partial charge in [-0.1, -0.05) is 46.3 Å². The van der Waals surface area contributed by atoms with Crippen molar-refractivity contribution in [3.63, 3.8) is 0 Å². The van der Waals surface area contributed by atoms with Gasteiger partial charge in [-0.15, -0.1) is 0 Å². The summed E-state index contributed by atoms with van der Waals surface area (Å²) in [7, 11) is 0. The van der Waals surface area contributed by atoms with Crippen LogP contribution in [0.25, 0.3) is 0 Å². The minimum absolute atomic E-state index is 0.0508. The SMILES string of the molecule is CC(C)=CCC[C@](C)(O[C@@H]1O[C@H](CO[C@H]2OC[C@H](O)[C@H](O)[C@H]2O)[C@@H](O)[C@H](O)[C@H]1O)C1CC[C@]2(C)C1[C@H](O)CC1[C@@]3(C)CC[C@H](O[C@@H]4O[C@H](CO)[C@@H](O)[C@H](O)[C@H]4O[C@@H]4O[C@H](CO)[C@@H](O)[C@H](O)[C@H]4O)C(C)(C)[C@@H]3CC[C@]12C. The Morgan fingerprint density at radius 3 is 1.80 bits per heavy atom. The van der Waals surface area contributed by atoms with Gasteiger partial charge in [0, 0.05) is 0 Å². The maximum Gasteiger partial charge on any atom is 0.187 e. The average Bonchev–Trinajstić information content (AvgIpc) is 3.75. The van der Waals surface area contributed by atoms with E-state index in [2.05, 4.69) is 40.7 Å². The van der Waals surface area contributed by atoms with Crippen LogP contribution in [0.5, 0.6) is 0 Å². The van der Waals surface area contributed by atoms with E-state index in [1.54, 1.807) is 0 Å². The first-order chi connectivity index (χ1) is 35.1. The third-order valence-corrected chi connectivity index (χ3v) is 20.5. The van der Waals surface area contributed by atoms with Crippen molar-refractivity contribution in [2.24, 2.45) is 45.3 Å². The molecule has 14 N–H and O–H groups in total. The highest BCUT2D eigenvalue weighted by molar-refractivity contribution is 5.20. The largest absolute Gasteiger partial charge is 0.394 e. The normalized spacial score (nSPS) is 52.7. The number of hydrogen-bond acceptors (Lipinski definition) is 22. The molecule has 8 aliphatic rings. The molecule has 29 atom stereocenters. The molecule has 8 rings (SSSR count). The minimum atomic E-state index is -1.81. The molecule has 4 aliphatic carbocycles. The average molecular weight is 1080 g/mol. The summed E-state index contributed by atoms with van der Waals surface area (Å²) in [4.78, 5) is 0. The fourth-order valence-electron chi connectivity index (χ4n) is 16.0. The molecule has 75 heavy (non-hydrogen) atoms. The van der Waals surface area contributed by atoms with Gasteiger partial charge in [0.15, 0.2) is 25.2 Å². The van der Waals surface area contributed by atoms with Gasteiger partial charge in [-0.05, 0) is 124 Å². The van der Waals surface area contributed by atoms with Gasteiger partial charge >= 0.3 is 0 Å². The zero-order valence-electron chi connectivity index (χ0n) is 44.7. The lowest BCUT2D eigenvalue weighted by Crippen LogP contribution is -2.68. The first-order valence-electron chi connectivity index (χ1n) is 27.3. The Balaban J connectivity index is 1.01. The number of hydrogen-bond donors (Lipinski definition) is 14. The number of allylic oxidation sites excluding steroid dienone is 2. The highest BCUT2D eigenvalue weighted by Crippen LogP contribution is 2.76. The molecule has 0 aromatic heterocycles. The van der Waals surface area contributed by atoms with Crippen molar-refractivity contribution in [2.45, 2.75) is 248 Å². The zero-order chi connectivity index (χ0) is 55.1. The summed E-state index contributed by atoms with van der Waals surface area (Å²) in [6, 6.07) is 0. The van der Waals surface area contributed by atoms with Gasteiger partial charge in [0.25, 0.3) is 0 Å². The molecule has 0 amide bonds. The smallest absolute Gasteiger partial charge is 0.187 e. The van der Waals surface area contributed by atoms with Gasteiger partial charge in [0.2, 0.25) is 0 Å². The molecule has 0 spiro atoms. The maximum absolute atomic E-state index is 12.8. The molecule has 22 heteroatoms. The monoisotopic (exact) mass is 1080 g/mol. The zero-order valence-corrected chi connectivity index (χ0v) is 44.7. The second kappa shape index (κ2) is 22.7. The molecule has 0 bridgehead atoms. The van der Waals surface area contributed by atoms with Crippen LogP contribution in [0.2, 0.25) is 0 Å². The summed E-state index contributed by atoms with van der Waals surface area (Å²) < 4.78 is 48.8. The van der Waals surface area contributed by atoms with Crippen molar-refractivity contribution in [2.75, 3.05) is 26.4 Å². The van der Waals surface area contributed by atoms with Crippen LogP contribution in [0.3, 0.4) is 0 Å². The van der Waals surface area contributed by atoms with Crippen LogP contribution in [0, 0.1) is 45.3 Å². The summed E-state index contributed by atoms with van der Waals surface area (Å²) >= 11 is 0. The van der Waals surface area contributed by atoms with E-state index in [1.165, 1.54) is 0 Å². The number of ether oxygens (including phenoxy) is 8. The van der Waals surface area contributed by atoms with Crippen molar-refractivity contribution in [1.29, 1.82) is 0 Å². The summed E-state index contributed by atoms with van der Waals surface area (Å²) in [5.41, 5.74) is -1.48. The Kier molecular flexibility index (Phi) is 18.1. The second-order valence-electron chi connectivity index (χ2n) is 25.3. The number of rotatable bonds is 15. The molecule has 8 fully saturated rings. The molecule has 0 aromatic rings. The third kappa shape index (κ3) is 10.6. The maximum atomic E-state index is 12.8. The third-order valence-electron chi connectivity index (χ3n) is 20.5. The summed E-state index contributed by atoms with van der Waals surface area (Å²) in [5.74, 6) is -0.395. The van der Waals surface area contributed by atoms with E-state index in [0.717, 1.165) is 24.8 Å². The quantitative estimate of drug-likeness (QED) is 0.0651. The van der Waals surface area contributed by atoms with Crippen molar-refractivity contribution in [3.8, 4) is 0 Å². The van der Waals surface area contributed by atoms with Gasteiger partial charge < -0.3 is 109 Å². The second-order valence-corrected chi connectivity index (χ2v) is 25.3. The Bertz CT molecular complexity index is 1940. The molecule has 0 radical (unpaired) electrons. The first-order valence-corrected chi connectivity index (χ1v) is 27.3. The van der Waals surface area contributed by atoms with E-state index in [9.17, 15) is 71.5 Å². The van der Waals surface area contributed by atoms with Crippen molar-refractivity contribution in [3.05, 3.63) is 11.6 Å². The highest BCUT2D eigenvalue weighted by atomic mass is 16.8. The molecule has 4 aliphatic heterocycles. The van der Waals surface area contributed by atoms with Crippen LogP contribution < -0.4 is 0 Å². The lowest BCUT2D eigenvalue weighted by atomic mass is 9.35. The van der Waals surface area contributed by atoms with Crippen LogP contribution in [-0.4, -0.2) is 232 Å². The van der Waals surface area contributed by atoms with Gasteiger partial charge in [-0.25, -0.2) is 0 Å². The predicted molar refractivity (Wildman–Crippen MR) is 260 cm³/mol. The fourth-order valence-corrected chi connectivity index (χ4v) is 16.0. The van der Waals surface area contributed by atoms with Crippen molar-refractivity contribution < 1.29 is 109 Å². The minimum Gasteiger partial charge on any atom is -0.394 e. The van der Waals surface area contributed by atoms with Gasteiger partial charge in [0.05, 0.1) is 44.2 Å². The summed E-state index contributed by atoms with van der Waals surface area (Å²) in [5, 5.41) is 151. The standard InChI is InChI=1S/C53H90O22/c1-23(2)10-9-14-53(8,75-47-43(67)39(63)37(61)29(72-47)22-69-45-41(65)34(58)26(57)21-68-45)24-11-16-52(7)33(24)25(56)18-31-50(5)15-13-32(49(3,4)30(50)12-17-51(31,52)6)73-48-44(40(64)36(60)28(20-55)71-48)74-46-42(66)38(62)35(59)27(19-54)70-46/h10,24-48,54-67H,9,11-22H2,1-8H3/t24?,25-,26+,27-,28-,29-,30+,31?,32+,33?,34+,35-,36-,37-,38+,39+,40+,41-,42-,43-,44-,45-,46+,47+,48+,50+,51-,52-,53+/m1/s1. The van der Waals surface area contributed by atoms with Crippen LogP contribution in [-0.2, 0) is 37.9 Å². The highest BCUT2D eigenvalue weighted by Gasteiger charge is 2.72. The Hall–Kier alpha value is -1.14. The molecular weight excluding hydrogens is 989 g/mol. The Morgan fingerprint density at radius 1 is 0.587 bits per heavy atom. The molecule has 22 nitrogen and oxygen atoms in total. The van der Waals surface area contributed by atoms with E-state index >= 15 is 0 Å². The predicted octanol–water partition coefficient (Wildman–Crippen LogP) is -1.56. The van der Waals surface area contributed by atoms with E-state index in [1.807, 2.05) is 20.8 Å². The number of fused-ring (bicyclic) bond motifs is 5. The molecule has 4 heterocycles. The van der Waals surface area contributed by atoms with Crippen LogP contribution in [0.15, 0.2) is 11.6 Å². The van der Waals surface area contributed by atoms with E-state index in [0.29, 0.717) is 38.5 Å². The molecule has 0 aromatic carbocycles. The van der Waals surface area contributed by atoms with Crippen molar-refractivity contribution in [1.82, 2.24) is 0 Å². The van der Waals surface area contributed by atoms with Crippen LogP contribution >= 0.6 is 0 Å². The summed E-state index contributed by atoms with van der Waals surface area (Å²) in [6.07, 6.45) is -22.6. The van der Waals surface area contributed by atoms with Crippen LogP contribution in [0.4, 0.5) is 0 Å². The Labute approximate surface area is 439 Å². The topological polar surface area (TPSA) is 357 Å². The van der Waals surface area contributed by atoms with Gasteiger partial charge in [-0.2, -0.15) is 0 Å². The molecular formula is C53H90O22. The van der Waals surface area contributed by atoms with E-state index in [4.69, 9.17) is 37.9 Å². The Morgan fingerprint density at radius 2 is 1.16 bits per heavy atom.